The van der Waals surface area contributed by atoms with Crippen LogP contribution >= 0.6 is 0 Å². The van der Waals surface area contributed by atoms with Crippen LogP contribution in [0.1, 0.15) is 18.5 Å². The molecule has 1 aromatic rings. The summed E-state index contributed by atoms with van der Waals surface area (Å²) in [7, 11) is 0. The largest absolute Gasteiger partial charge is 0.491 e. The van der Waals surface area contributed by atoms with E-state index >= 15 is 0 Å². The van der Waals surface area contributed by atoms with E-state index in [9.17, 15) is 13.2 Å². The Morgan fingerprint density at radius 3 is 2.72 bits per heavy atom. The van der Waals surface area contributed by atoms with Gasteiger partial charge in [-0.2, -0.15) is 13.2 Å². The number of nitrogens with one attached hydrogen (secondary N) is 1. The fourth-order valence-corrected chi connectivity index (χ4v) is 1.98. The number of alkyl halides is 3. The number of piperidine rings is 1. The molecular formula is C12H15F3N2O. The van der Waals surface area contributed by atoms with Crippen LogP contribution in [0.5, 0.6) is 5.75 Å². The first kappa shape index (κ1) is 13.1. The molecule has 0 atom stereocenters. The minimum Gasteiger partial charge on any atom is -0.491 e. The van der Waals surface area contributed by atoms with Crippen LogP contribution in [-0.4, -0.2) is 24.7 Å². The summed E-state index contributed by atoms with van der Waals surface area (Å²) in [5.41, 5.74) is -0.945. The number of hydrogen-bond donors (Lipinski definition) is 1. The van der Waals surface area contributed by atoms with Crippen molar-refractivity contribution in [1.29, 1.82) is 0 Å². The predicted octanol–water partition coefficient (Wildman–Crippen LogP) is 2.48. The number of rotatable bonds is 3. The Balaban J connectivity index is 2.00. The summed E-state index contributed by atoms with van der Waals surface area (Å²) in [5.74, 6) is 0.135. The van der Waals surface area contributed by atoms with E-state index in [4.69, 9.17) is 4.74 Å². The third-order valence-corrected chi connectivity index (χ3v) is 2.97. The fraction of sp³-hybridized carbons (Fsp3) is 0.583. The molecule has 0 aliphatic carbocycles. The molecule has 0 amide bonds. The van der Waals surface area contributed by atoms with E-state index in [1.165, 1.54) is 12.1 Å². The first-order chi connectivity index (χ1) is 8.57. The molecule has 0 unspecified atom stereocenters. The van der Waals surface area contributed by atoms with E-state index in [0.717, 1.165) is 32.1 Å². The molecule has 0 saturated carbocycles. The van der Waals surface area contributed by atoms with Gasteiger partial charge in [0.15, 0.2) is 5.69 Å². The zero-order valence-corrected chi connectivity index (χ0v) is 9.83. The summed E-state index contributed by atoms with van der Waals surface area (Å²) >= 11 is 0. The van der Waals surface area contributed by atoms with Gasteiger partial charge in [0.2, 0.25) is 0 Å². The highest BCUT2D eigenvalue weighted by Crippen LogP contribution is 2.34. The second-order valence-corrected chi connectivity index (χ2v) is 4.35. The Bertz CT molecular complexity index is 389. The predicted molar refractivity (Wildman–Crippen MR) is 60.3 cm³/mol. The van der Waals surface area contributed by atoms with Crippen LogP contribution in [0.15, 0.2) is 18.3 Å². The van der Waals surface area contributed by atoms with Crippen molar-refractivity contribution in [3.8, 4) is 5.75 Å². The maximum absolute atomic E-state index is 12.7. The highest BCUT2D eigenvalue weighted by Gasteiger charge is 2.36. The van der Waals surface area contributed by atoms with Crippen molar-refractivity contribution in [3.05, 3.63) is 24.0 Å². The van der Waals surface area contributed by atoms with Gasteiger partial charge >= 0.3 is 6.18 Å². The first-order valence-corrected chi connectivity index (χ1v) is 5.93. The molecule has 2 heterocycles. The fourth-order valence-electron chi connectivity index (χ4n) is 1.98. The number of pyridine rings is 1. The van der Waals surface area contributed by atoms with Gasteiger partial charge in [0.1, 0.15) is 5.75 Å². The summed E-state index contributed by atoms with van der Waals surface area (Å²) in [4.78, 5) is 3.35. The van der Waals surface area contributed by atoms with Gasteiger partial charge in [-0.3, -0.25) is 0 Å². The van der Waals surface area contributed by atoms with Crippen molar-refractivity contribution in [2.24, 2.45) is 5.92 Å². The molecular weight excluding hydrogens is 245 g/mol. The van der Waals surface area contributed by atoms with Crippen LogP contribution in [0, 0.1) is 5.92 Å². The maximum atomic E-state index is 12.7. The van der Waals surface area contributed by atoms with E-state index in [2.05, 4.69) is 10.3 Å². The van der Waals surface area contributed by atoms with Gasteiger partial charge in [-0.25, -0.2) is 4.98 Å². The van der Waals surface area contributed by atoms with Gasteiger partial charge in [0.05, 0.1) is 6.61 Å². The molecule has 1 aliphatic heterocycles. The van der Waals surface area contributed by atoms with Gasteiger partial charge in [-0.05, 0) is 44.0 Å². The van der Waals surface area contributed by atoms with Crippen LogP contribution < -0.4 is 10.1 Å². The van der Waals surface area contributed by atoms with Gasteiger partial charge in [-0.1, -0.05) is 0 Å². The molecule has 2 rings (SSSR count). The number of halogens is 3. The van der Waals surface area contributed by atoms with Crippen LogP contribution in [0.2, 0.25) is 0 Å². The Morgan fingerprint density at radius 1 is 1.33 bits per heavy atom. The highest BCUT2D eigenvalue weighted by atomic mass is 19.4. The minimum atomic E-state index is -4.47. The van der Waals surface area contributed by atoms with Crippen molar-refractivity contribution in [2.75, 3.05) is 19.7 Å². The van der Waals surface area contributed by atoms with Gasteiger partial charge in [0.25, 0.3) is 0 Å². The summed E-state index contributed by atoms with van der Waals surface area (Å²) < 4.78 is 43.3. The third kappa shape index (κ3) is 3.35. The Kier molecular flexibility index (Phi) is 4.06. The lowest BCUT2D eigenvalue weighted by Gasteiger charge is -2.23. The average Bonchev–Trinajstić information content (AvgIpc) is 2.37. The molecule has 1 saturated heterocycles. The van der Waals surface area contributed by atoms with Gasteiger partial charge < -0.3 is 10.1 Å². The lowest BCUT2D eigenvalue weighted by atomic mass is 9.99. The Morgan fingerprint density at radius 2 is 2.06 bits per heavy atom. The zero-order chi connectivity index (χ0) is 13.0. The molecule has 1 aliphatic rings. The van der Waals surface area contributed by atoms with Gasteiger partial charge in [-0.15, -0.1) is 0 Å². The molecule has 3 nitrogen and oxygen atoms in total. The topological polar surface area (TPSA) is 34.1 Å². The second kappa shape index (κ2) is 5.56. The van der Waals surface area contributed by atoms with Crippen molar-refractivity contribution in [3.63, 3.8) is 0 Å². The van der Waals surface area contributed by atoms with Gasteiger partial charge in [0, 0.05) is 6.20 Å². The molecule has 0 radical (unpaired) electrons. The van der Waals surface area contributed by atoms with Crippen LogP contribution in [0.25, 0.3) is 0 Å². The van der Waals surface area contributed by atoms with E-state index in [0.29, 0.717) is 12.5 Å². The molecule has 1 fully saturated rings. The molecule has 0 bridgehead atoms. The summed E-state index contributed by atoms with van der Waals surface area (Å²) in [6.45, 7) is 2.11. The molecule has 0 spiro atoms. The third-order valence-electron chi connectivity index (χ3n) is 2.97. The van der Waals surface area contributed by atoms with E-state index in [-0.39, 0.29) is 5.75 Å². The lowest BCUT2D eigenvalue weighted by Crippen LogP contribution is -2.30. The SMILES string of the molecule is FC(F)(F)c1ncccc1OCC1CCNCC1. The summed E-state index contributed by atoms with van der Waals surface area (Å²) in [5, 5.41) is 3.20. The smallest absolute Gasteiger partial charge is 0.437 e. The number of nitrogens with zero attached hydrogens (tertiary/aromatic N) is 1. The van der Waals surface area contributed by atoms with E-state index in [1.807, 2.05) is 0 Å². The maximum Gasteiger partial charge on any atom is 0.437 e. The lowest BCUT2D eigenvalue weighted by molar-refractivity contribution is -0.142. The minimum absolute atomic E-state index is 0.177. The molecule has 18 heavy (non-hydrogen) atoms. The van der Waals surface area contributed by atoms with Crippen LogP contribution in [-0.2, 0) is 6.18 Å². The quantitative estimate of drug-likeness (QED) is 0.906. The zero-order valence-electron chi connectivity index (χ0n) is 9.83. The van der Waals surface area contributed by atoms with Crippen LogP contribution in [0.3, 0.4) is 0 Å². The second-order valence-electron chi connectivity index (χ2n) is 4.35. The van der Waals surface area contributed by atoms with E-state index < -0.39 is 11.9 Å². The molecule has 1 aromatic heterocycles. The van der Waals surface area contributed by atoms with Crippen molar-refractivity contribution < 1.29 is 17.9 Å². The van der Waals surface area contributed by atoms with Crippen molar-refractivity contribution >= 4 is 0 Å². The summed E-state index contributed by atoms with van der Waals surface area (Å²) in [6.07, 6.45) is -1.48. The molecule has 100 valence electrons. The Labute approximate surface area is 103 Å². The number of hydrogen-bond acceptors (Lipinski definition) is 3. The van der Waals surface area contributed by atoms with Crippen LogP contribution in [0.4, 0.5) is 13.2 Å². The van der Waals surface area contributed by atoms with Crippen molar-refractivity contribution in [2.45, 2.75) is 19.0 Å². The molecule has 0 aromatic carbocycles. The average molecular weight is 260 g/mol. The van der Waals surface area contributed by atoms with E-state index in [1.54, 1.807) is 0 Å². The summed E-state index contributed by atoms with van der Waals surface area (Å²) in [6, 6.07) is 2.77. The molecule has 1 N–H and O–H groups in total. The standard InChI is InChI=1S/C12H15F3N2O/c13-12(14,15)11-10(2-1-5-17-11)18-8-9-3-6-16-7-4-9/h1-2,5,9,16H,3-4,6-8H2. The highest BCUT2D eigenvalue weighted by molar-refractivity contribution is 5.29. The van der Waals surface area contributed by atoms with Crippen molar-refractivity contribution in [1.82, 2.24) is 10.3 Å². The monoisotopic (exact) mass is 260 g/mol. The normalized spacial score (nSPS) is 17.7. The number of ether oxygens (including phenoxy) is 1. The molecule has 6 heteroatoms. The Hall–Kier alpha value is -1.30. The first-order valence-electron chi connectivity index (χ1n) is 5.93. The number of aromatic nitrogens is 1.